The van der Waals surface area contributed by atoms with E-state index in [1.807, 2.05) is 0 Å². The van der Waals surface area contributed by atoms with E-state index < -0.39 is 28.1 Å². The molecule has 0 aliphatic heterocycles. The number of nitro groups is 2. The van der Waals surface area contributed by atoms with Crippen LogP contribution < -0.4 is 4.74 Å². The molecule has 0 spiro atoms. The minimum Gasteiger partial charge on any atom is -0.497 e. The summed E-state index contributed by atoms with van der Waals surface area (Å²) < 4.78 is 18.9. The number of H-pyrrole nitrogens is 1. The Labute approximate surface area is 146 Å². The summed E-state index contributed by atoms with van der Waals surface area (Å²) in [5, 5.41) is 23.2. The van der Waals surface area contributed by atoms with Gasteiger partial charge in [0, 0.05) is 33.7 Å². The molecule has 1 atom stereocenters. The Morgan fingerprint density at radius 3 is 2.58 bits per heavy atom. The summed E-state index contributed by atoms with van der Waals surface area (Å²) in [5.74, 6) is -1.16. The van der Waals surface area contributed by atoms with Crippen LogP contribution in [0.1, 0.15) is 17.0 Å². The molecule has 0 amide bonds. The van der Waals surface area contributed by atoms with Crippen LogP contribution in [0.3, 0.4) is 0 Å². The van der Waals surface area contributed by atoms with E-state index in [0.717, 1.165) is 18.2 Å². The van der Waals surface area contributed by atoms with Gasteiger partial charge >= 0.3 is 0 Å². The van der Waals surface area contributed by atoms with Crippen LogP contribution in [0.5, 0.6) is 5.75 Å². The fourth-order valence-corrected chi connectivity index (χ4v) is 3.02. The number of hydrogen-bond acceptors (Lipinski definition) is 5. The van der Waals surface area contributed by atoms with Gasteiger partial charge in [-0.25, -0.2) is 4.39 Å². The zero-order chi connectivity index (χ0) is 18.8. The topological polar surface area (TPSA) is 111 Å². The first-order valence-corrected chi connectivity index (χ1v) is 7.61. The molecule has 0 saturated heterocycles. The van der Waals surface area contributed by atoms with E-state index in [9.17, 15) is 24.6 Å². The first-order chi connectivity index (χ1) is 12.4. The Morgan fingerprint density at radius 2 is 1.92 bits per heavy atom. The van der Waals surface area contributed by atoms with Crippen molar-refractivity contribution in [2.24, 2.45) is 0 Å². The van der Waals surface area contributed by atoms with Crippen molar-refractivity contribution in [1.82, 2.24) is 4.98 Å². The Bertz CT molecular complexity index is 1000. The third-order valence-corrected chi connectivity index (χ3v) is 4.19. The van der Waals surface area contributed by atoms with E-state index in [1.54, 1.807) is 24.4 Å². The van der Waals surface area contributed by atoms with Gasteiger partial charge in [0.25, 0.3) is 5.69 Å². The Kier molecular flexibility index (Phi) is 4.53. The average molecular weight is 359 g/mol. The maximum absolute atomic E-state index is 13.8. The molecule has 3 rings (SSSR count). The van der Waals surface area contributed by atoms with Crippen molar-refractivity contribution in [3.63, 3.8) is 0 Å². The smallest absolute Gasteiger partial charge is 0.273 e. The van der Waals surface area contributed by atoms with E-state index in [4.69, 9.17) is 4.74 Å². The van der Waals surface area contributed by atoms with Crippen LogP contribution in [-0.4, -0.2) is 28.5 Å². The van der Waals surface area contributed by atoms with E-state index in [1.165, 1.54) is 7.11 Å². The molecule has 1 unspecified atom stereocenters. The van der Waals surface area contributed by atoms with Crippen LogP contribution in [-0.2, 0) is 0 Å². The summed E-state index contributed by atoms with van der Waals surface area (Å²) in [4.78, 5) is 24.3. The summed E-state index contributed by atoms with van der Waals surface area (Å²) in [7, 11) is 1.49. The van der Waals surface area contributed by atoms with Crippen molar-refractivity contribution in [2.45, 2.75) is 5.92 Å². The second kappa shape index (κ2) is 6.79. The zero-order valence-electron chi connectivity index (χ0n) is 13.6. The molecule has 1 aromatic heterocycles. The molecule has 2 aromatic carbocycles. The Morgan fingerprint density at radius 1 is 1.15 bits per heavy atom. The molecule has 3 aromatic rings. The van der Waals surface area contributed by atoms with Crippen LogP contribution >= 0.6 is 0 Å². The second-order valence-electron chi connectivity index (χ2n) is 5.68. The molecule has 1 heterocycles. The van der Waals surface area contributed by atoms with Gasteiger partial charge in [-0.3, -0.25) is 20.2 Å². The molecule has 0 radical (unpaired) electrons. The SMILES string of the molecule is COc1ccc2[nH]cc(C(C[N+](=O)[O-])c3cc(F)ccc3[N+](=O)[O-])c2c1. The molecular weight excluding hydrogens is 345 g/mol. The summed E-state index contributed by atoms with van der Waals surface area (Å²) >= 11 is 0. The normalized spacial score (nSPS) is 12.1. The highest BCUT2D eigenvalue weighted by Gasteiger charge is 2.30. The molecule has 8 nitrogen and oxygen atoms in total. The highest BCUT2D eigenvalue weighted by Crippen LogP contribution is 2.37. The van der Waals surface area contributed by atoms with Crippen molar-refractivity contribution < 1.29 is 19.0 Å². The van der Waals surface area contributed by atoms with Gasteiger partial charge in [-0.15, -0.1) is 0 Å². The summed E-state index contributed by atoms with van der Waals surface area (Å²) in [6.45, 7) is -0.617. The van der Waals surface area contributed by atoms with Crippen LogP contribution in [0, 0.1) is 26.0 Å². The number of ether oxygens (including phenoxy) is 1. The third kappa shape index (κ3) is 3.18. The zero-order valence-corrected chi connectivity index (χ0v) is 13.6. The summed E-state index contributed by atoms with van der Waals surface area (Å²) in [6.07, 6.45) is 1.55. The predicted octanol–water partition coefficient (Wildman–Crippen LogP) is 3.63. The number of nitro benzene ring substituents is 1. The molecule has 1 N–H and O–H groups in total. The van der Waals surface area contributed by atoms with E-state index in [2.05, 4.69) is 4.98 Å². The van der Waals surface area contributed by atoms with Crippen LogP contribution in [0.15, 0.2) is 42.6 Å². The minimum atomic E-state index is -0.998. The van der Waals surface area contributed by atoms with E-state index in [-0.39, 0.29) is 11.3 Å². The molecule has 134 valence electrons. The number of aromatic nitrogens is 1. The van der Waals surface area contributed by atoms with Crippen LogP contribution in [0.25, 0.3) is 10.9 Å². The number of nitrogens with one attached hydrogen (secondary N) is 1. The molecular formula is C17H14FN3O5. The summed E-state index contributed by atoms with van der Waals surface area (Å²) in [5.41, 5.74) is 0.739. The van der Waals surface area contributed by atoms with Gasteiger partial charge in [-0.1, -0.05) is 0 Å². The quantitative estimate of drug-likeness (QED) is 0.533. The highest BCUT2D eigenvalue weighted by atomic mass is 19.1. The predicted molar refractivity (Wildman–Crippen MR) is 91.6 cm³/mol. The largest absolute Gasteiger partial charge is 0.497 e. The average Bonchev–Trinajstić information content (AvgIpc) is 3.01. The van der Waals surface area contributed by atoms with Gasteiger partial charge in [-0.05, 0) is 35.9 Å². The number of halogens is 1. The second-order valence-corrected chi connectivity index (χ2v) is 5.68. The van der Waals surface area contributed by atoms with Crippen molar-refractivity contribution in [1.29, 1.82) is 0 Å². The number of methoxy groups -OCH3 is 1. The standard InChI is InChI=1S/C17H14FN3O5/c1-26-11-3-4-16-12(7-11)14(8-19-16)15(9-20(22)23)13-6-10(18)2-5-17(13)21(24)25/h2-8,15,19H,9H2,1H3. The maximum Gasteiger partial charge on any atom is 0.273 e. The lowest BCUT2D eigenvalue weighted by atomic mass is 9.89. The van der Waals surface area contributed by atoms with Crippen LogP contribution in [0.2, 0.25) is 0 Å². The first kappa shape index (κ1) is 17.3. The lowest BCUT2D eigenvalue weighted by Crippen LogP contribution is -2.15. The Hall–Kier alpha value is -3.49. The monoisotopic (exact) mass is 359 g/mol. The maximum atomic E-state index is 13.8. The van der Waals surface area contributed by atoms with Crippen molar-refractivity contribution in [3.8, 4) is 5.75 Å². The third-order valence-electron chi connectivity index (χ3n) is 4.19. The van der Waals surface area contributed by atoms with Gasteiger partial charge in [0.1, 0.15) is 11.6 Å². The molecule has 0 fully saturated rings. The summed E-state index contributed by atoms with van der Waals surface area (Å²) in [6, 6.07) is 8.09. The number of rotatable bonds is 6. The highest BCUT2D eigenvalue weighted by molar-refractivity contribution is 5.86. The minimum absolute atomic E-state index is 0.0459. The molecule has 0 aliphatic carbocycles. The lowest BCUT2D eigenvalue weighted by Gasteiger charge is -2.14. The Balaban J connectivity index is 2.24. The van der Waals surface area contributed by atoms with Gasteiger partial charge in [0.15, 0.2) is 0 Å². The molecule has 26 heavy (non-hydrogen) atoms. The lowest BCUT2D eigenvalue weighted by molar-refractivity contribution is -0.482. The fraction of sp³-hybridized carbons (Fsp3) is 0.176. The van der Waals surface area contributed by atoms with Gasteiger partial charge in [0.05, 0.1) is 18.0 Å². The van der Waals surface area contributed by atoms with E-state index >= 15 is 0 Å². The number of nitrogens with zero attached hydrogens (tertiary/aromatic N) is 2. The van der Waals surface area contributed by atoms with Crippen molar-refractivity contribution in [3.05, 3.63) is 79.8 Å². The number of benzene rings is 2. The van der Waals surface area contributed by atoms with Gasteiger partial charge in [-0.2, -0.15) is 0 Å². The van der Waals surface area contributed by atoms with Crippen LogP contribution in [0.4, 0.5) is 10.1 Å². The first-order valence-electron chi connectivity index (χ1n) is 7.61. The fourth-order valence-electron chi connectivity index (χ4n) is 3.02. The van der Waals surface area contributed by atoms with Gasteiger partial charge in [0.2, 0.25) is 6.54 Å². The van der Waals surface area contributed by atoms with Gasteiger partial charge < -0.3 is 9.72 Å². The molecule has 9 heteroatoms. The molecule has 0 bridgehead atoms. The van der Waals surface area contributed by atoms with E-state index in [0.29, 0.717) is 22.2 Å². The van der Waals surface area contributed by atoms with Crippen molar-refractivity contribution >= 4 is 16.6 Å². The number of fused-ring (bicyclic) bond motifs is 1. The molecule has 0 saturated carbocycles. The van der Waals surface area contributed by atoms with Crippen molar-refractivity contribution in [2.75, 3.05) is 13.7 Å². The number of hydrogen-bond donors (Lipinski definition) is 1. The number of aromatic amines is 1. The molecule has 0 aliphatic rings.